The Labute approximate surface area is 696 Å². The lowest BCUT2D eigenvalue weighted by atomic mass is 9.91. The van der Waals surface area contributed by atoms with Crippen molar-refractivity contribution < 1.29 is 55.0 Å². The molecule has 6 atom stereocenters. The van der Waals surface area contributed by atoms with Crippen molar-refractivity contribution in [2.45, 2.75) is 145 Å². The van der Waals surface area contributed by atoms with Crippen LogP contribution in [0.4, 0.5) is 4.79 Å². The van der Waals surface area contributed by atoms with Crippen LogP contribution in [0.15, 0.2) is 171 Å². The molecule has 3 N–H and O–H groups in total. The van der Waals surface area contributed by atoms with Gasteiger partial charge in [0.05, 0.1) is 102 Å². The van der Waals surface area contributed by atoms with E-state index in [1.54, 1.807) is 23.2 Å². The molecular formula is C82H100N10O12S8. The molecular weight excluding hydrogens is 1570 g/mol. The van der Waals surface area contributed by atoms with Gasteiger partial charge in [0.2, 0.25) is 11.8 Å². The number of H-pyrrole nitrogens is 2. The smallest absolute Gasteiger partial charge is 0.410 e. The summed E-state index contributed by atoms with van der Waals surface area (Å²) < 4.78 is 76.6. The van der Waals surface area contributed by atoms with E-state index in [2.05, 4.69) is 84.7 Å². The van der Waals surface area contributed by atoms with Crippen LogP contribution in [0.3, 0.4) is 0 Å². The number of sulfonamides is 2. The fraction of sp³-hybridized carbons (Fsp3) is 0.378. The molecule has 4 fully saturated rings. The van der Waals surface area contributed by atoms with E-state index in [0.717, 1.165) is 141 Å². The lowest BCUT2D eigenvalue weighted by molar-refractivity contribution is -0.148. The molecule has 3 amide bonds. The maximum Gasteiger partial charge on any atom is 0.410 e. The van der Waals surface area contributed by atoms with Crippen LogP contribution in [-0.2, 0) is 72.9 Å². The normalized spacial score (nSPS) is 18.9. The van der Waals surface area contributed by atoms with Gasteiger partial charge in [-0.15, -0.1) is 0 Å². The first-order chi connectivity index (χ1) is 51.1. The van der Waals surface area contributed by atoms with Crippen molar-refractivity contribution >= 4 is 164 Å². The Morgan fingerprint density at radius 2 is 0.875 bits per heavy atom. The monoisotopic (exact) mass is 1670 g/mol. The summed E-state index contributed by atoms with van der Waals surface area (Å²) in [5.41, 5.74) is 11.0. The van der Waals surface area contributed by atoms with Gasteiger partial charge in [-0.25, -0.2) is 14.8 Å². The maximum absolute atomic E-state index is 13.7. The van der Waals surface area contributed by atoms with Crippen molar-refractivity contribution in [1.82, 2.24) is 40.0 Å². The number of carbonyl (C=O) groups is 5. The first-order valence-corrected chi connectivity index (χ1v) is 39.6. The number of likely N-dealkylation sites (tertiary alicyclic amines) is 3. The summed E-state index contributed by atoms with van der Waals surface area (Å²) in [6.07, 6.45) is 10.7. The summed E-state index contributed by atoms with van der Waals surface area (Å²) in [6.45, 7) is 10.6. The number of hydrogen-bond acceptors (Lipinski definition) is 15. The first-order valence-electron chi connectivity index (χ1n) is 36.7. The second-order valence-electron chi connectivity index (χ2n) is 29.2. The van der Waals surface area contributed by atoms with Gasteiger partial charge in [0.1, 0.15) is 18.3 Å². The third-order valence-electron chi connectivity index (χ3n) is 21.8. The van der Waals surface area contributed by atoms with Crippen molar-refractivity contribution in [3.63, 3.8) is 0 Å². The Bertz CT molecular complexity index is 5210. The molecule has 0 spiro atoms. The number of esters is 2. The van der Waals surface area contributed by atoms with Gasteiger partial charge in [-0.2, -0.15) is 107 Å². The van der Waals surface area contributed by atoms with Gasteiger partial charge in [-0.3, -0.25) is 24.1 Å². The topological polar surface area (TPSA) is 285 Å². The molecule has 8 heterocycles. The highest BCUT2D eigenvalue weighted by atomic mass is 32.2. The minimum absolute atomic E-state index is 0. The molecule has 7 aromatic carbocycles. The summed E-state index contributed by atoms with van der Waals surface area (Å²) in [5.74, 6) is -0.268. The SMILES string of the molecule is COC(=O)C[C@H](C(=O)N1CCC[C@H]1c1ncc(-c2ccc3cc(-c4ccc5c(c4)CC([C@@H]4CCCN4)=NS5(=O)=O)ccc3c2)[nH]1)C(C)C.COC(=O)C[C@H](C(=O)N1CCC[C@H]1c1ncc(-c2ccc3cc(-c4ccc5c(c4)CC([C@@H]4CCCN4C(=O)OCc4ccccc4)=NS5(=O)=O)ccc3c2)[nH]1)C(C)C.S.S.S.S.S.S. The van der Waals surface area contributed by atoms with Crippen LogP contribution in [-0.4, -0.2) is 145 Å². The molecule has 22 nitrogen and oxygen atoms in total. The summed E-state index contributed by atoms with van der Waals surface area (Å²) in [6, 6.07) is 44.5. The van der Waals surface area contributed by atoms with Gasteiger partial charge in [-0.1, -0.05) is 119 Å². The van der Waals surface area contributed by atoms with E-state index < -0.39 is 44.0 Å². The molecule has 0 unspecified atom stereocenters. The molecule has 0 aliphatic carbocycles. The van der Waals surface area contributed by atoms with Gasteiger partial charge < -0.3 is 39.3 Å². The van der Waals surface area contributed by atoms with Crippen molar-refractivity contribution in [3.05, 3.63) is 180 Å². The van der Waals surface area contributed by atoms with E-state index in [0.29, 0.717) is 60.8 Å². The molecule has 15 rings (SSSR count). The second-order valence-corrected chi connectivity index (χ2v) is 32.4. The van der Waals surface area contributed by atoms with Crippen LogP contribution in [0, 0.1) is 23.7 Å². The Morgan fingerprint density at radius 1 is 0.473 bits per heavy atom. The van der Waals surface area contributed by atoms with E-state index in [1.165, 1.54) is 14.2 Å². The number of nitrogens with one attached hydrogen (secondary N) is 3. The summed E-state index contributed by atoms with van der Waals surface area (Å²) in [4.78, 5) is 86.7. The van der Waals surface area contributed by atoms with Gasteiger partial charge in [0.15, 0.2) is 0 Å². The number of carbonyl (C=O) groups excluding carboxylic acids is 5. The number of aromatic amines is 2. The third-order valence-corrected chi connectivity index (χ3v) is 24.6. The number of nitrogens with zero attached hydrogens (tertiary/aromatic N) is 7. The van der Waals surface area contributed by atoms with E-state index in [9.17, 15) is 40.8 Å². The lowest BCUT2D eigenvalue weighted by Gasteiger charge is -2.29. The van der Waals surface area contributed by atoms with Crippen molar-refractivity contribution in [1.29, 1.82) is 0 Å². The standard InChI is InChI=1S/C45H47N5O7S.C37H41N5O5S.6H2S/c1-28(2)36(25-42(51)56-3)44(52)49-19-8-12-40(49)43-46-26-38(47-43)34-16-15-31-21-30(13-14-32(31)22-34)33-17-18-41-35(23-33)24-37(48-58(41,54)55)39-11-7-20-50(39)45(53)57-27-29-9-5-4-6-10-29;1-22(2)29(20-35(43)47-3)37(44)42-15-5-7-33(42)36-39-21-32(40-36)27-11-10-24-16-23(8-9-25(24)17-27)26-12-13-34-28(18-26)19-31(41-48(34,45)46)30-6-4-14-38-30;;;;;;/h4-6,9-10,13-18,21-23,26,28,36,39-40H,7-8,11-12,19-20,24-25,27H2,1-3H3,(H,46,47);8-13,16-18,21-22,29-30,33,38H,4-7,14-15,19-20H2,1-3H3,(H,39,40);6*1H2/t36-,39-,40-;29-,30-,33-;;;;;;/m00....../s1. The first kappa shape index (κ1) is 89.5. The maximum atomic E-state index is 13.7. The van der Waals surface area contributed by atoms with E-state index in [1.807, 2.05) is 110 Å². The van der Waals surface area contributed by atoms with Crippen LogP contribution < -0.4 is 5.32 Å². The van der Waals surface area contributed by atoms with Gasteiger partial charge in [-0.05, 0) is 179 Å². The molecule has 0 bridgehead atoms. The molecule has 9 aromatic rings. The Balaban J connectivity index is 0.000000271. The summed E-state index contributed by atoms with van der Waals surface area (Å²) >= 11 is 0. The Kier molecular flexibility index (Phi) is 30.7. The summed E-state index contributed by atoms with van der Waals surface area (Å²) in [5, 5.41) is 7.55. The van der Waals surface area contributed by atoms with Crippen molar-refractivity contribution in [3.8, 4) is 44.8 Å². The zero-order valence-corrected chi connectivity index (χ0v) is 71.1. The summed E-state index contributed by atoms with van der Waals surface area (Å²) in [7, 11) is -4.98. The fourth-order valence-electron chi connectivity index (χ4n) is 15.9. The molecule has 112 heavy (non-hydrogen) atoms. The highest BCUT2D eigenvalue weighted by molar-refractivity contribution is 7.90. The Morgan fingerprint density at radius 3 is 1.31 bits per heavy atom. The number of hydrogen-bond donors (Lipinski definition) is 3. The molecule has 6 aliphatic heterocycles. The second kappa shape index (κ2) is 38.4. The molecule has 0 saturated carbocycles. The highest BCUT2D eigenvalue weighted by Crippen LogP contribution is 2.40. The number of benzene rings is 7. The van der Waals surface area contributed by atoms with Crippen LogP contribution in [0.1, 0.15) is 132 Å². The largest absolute Gasteiger partial charge is 0.469 e. The number of fused-ring (bicyclic) bond motifs is 4. The average molecular weight is 1670 g/mol. The van der Waals surface area contributed by atoms with Crippen LogP contribution in [0.25, 0.3) is 66.3 Å². The van der Waals surface area contributed by atoms with E-state index in [-0.39, 0.29) is 159 Å². The number of methoxy groups -OCH3 is 2. The highest BCUT2D eigenvalue weighted by Gasteiger charge is 2.41. The molecule has 598 valence electrons. The van der Waals surface area contributed by atoms with Gasteiger partial charge in [0, 0.05) is 49.6 Å². The van der Waals surface area contributed by atoms with Gasteiger partial charge in [0.25, 0.3) is 20.0 Å². The Hall–Kier alpha value is -8.07. The number of rotatable bonds is 18. The van der Waals surface area contributed by atoms with E-state index in [4.69, 9.17) is 24.2 Å². The fourth-order valence-corrected chi connectivity index (χ4v) is 18.5. The van der Waals surface area contributed by atoms with Crippen molar-refractivity contribution in [2.24, 2.45) is 32.5 Å². The lowest BCUT2D eigenvalue weighted by Crippen LogP contribution is -2.42. The quantitative estimate of drug-likeness (QED) is 0.0532. The third kappa shape index (κ3) is 19.3. The van der Waals surface area contributed by atoms with Crippen LogP contribution >= 0.6 is 81.0 Å². The molecule has 6 aliphatic rings. The molecule has 0 radical (unpaired) electrons. The number of imidazole rings is 2. The number of amides is 3. The van der Waals surface area contributed by atoms with Crippen molar-refractivity contribution in [2.75, 3.05) is 40.4 Å². The van der Waals surface area contributed by atoms with Crippen LogP contribution in [0.5, 0.6) is 0 Å². The average Bonchev–Trinajstić information content (AvgIpc) is 0.918. The minimum atomic E-state index is -3.96. The predicted octanol–water partition coefficient (Wildman–Crippen LogP) is 14.4. The van der Waals surface area contributed by atoms with E-state index >= 15 is 0 Å². The zero-order valence-electron chi connectivity index (χ0n) is 63.4. The molecule has 2 aromatic heterocycles. The predicted molar refractivity (Wildman–Crippen MR) is 468 cm³/mol. The molecule has 4 saturated heterocycles. The van der Waals surface area contributed by atoms with Gasteiger partial charge >= 0.3 is 18.0 Å². The minimum Gasteiger partial charge on any atom is -0.469 e. The number of aromatic nitrogens is 4. The molecule has 30 heteroatoms. The zero-order chi connectivity index (χ0) is 74.1. The van der Waals surface area contributed by atoms with Crippen LogP contribution in [0.2, 0.25) is 0 Å². The number of ether oxygens (including phenoxy) is 3.